The van der Waals surface area contributed by atoms with Crippen LogP contribution < -0.4 is 5.32 Å². The Bertz CT molecular complexity index is 283. The van der Waals surface area contributed by atoms with Gasteiger partial charge in [-0.25, -0.2) is 0 Å². The molecule has 112 valence electrons. The summed E-state index contributed by atoms with van der Waals surface area (Å²) in [6.45, 7) is 5.76. The summed E-state index contributed by atoms with van der Waals surface area (Å²) < 4.78 is 10.9. The van der Waals surface area contributed by atoms with Crippen molar-refractivity contribution in [2.75, 3.05) is 26.9 Å². The lowest BCUT2D eigenvalue weighted by Gasteiger charge is -2.30. The molecule has 0 aromatic heterocycles. The zero-order valence-corrected chi connectivity index (χ0v) is 12.3. The molecule has 5 nitrogen and oxygen atoms in total. The number of ether oxygens (including phenoxy) is 2. The lowest BCUT2D eigenvalue weighted by molar-refractivity contribution is -0.146. The summed E-state index contributed by atoms with van der Waals surface area (Å²) in [5, 5.41) is 12.4. The van der Waals surface area contributed by atoms with E-state index >= 15 is 0 Å². The van der Waals surface area contributed by atoms with Crippen LogP contribution in [0.5, 0.6) is 0 Å². The van der Waals surface area contributed by atoms with Gasteiger partial charge in [-0.1, -0.05) is 6.42 Å². The number of aliphatic carboxylic acids is 1. The Balaban J connectivity index is 2.26. The highest BCUT2D eigenvalue weighted by molar-refractivity contribution is 5.79. The predicted molar refractivity (Wildman–Crippen MR) is 73.3 cm³/mol. The van der Waals surface area contributed by atoms with Crippen LogP contribution in [0.3, 0.4) is 0 Å². The maximum Gasteiger partial charge on any atom is 0.324 e. The molecular formula is C14H27NO4. The molecule has 1 fully saturated rings. The first kappa shape index (κ1) is 16.4. The van der Waals surface area contributed by atoms with E-state index in [4.69, 9.17) is 9.47 Å². The van der Waals surface area contributed by atoms with E-state index in [-0.39, 0.29) is 12.0 Å². The fourth-order valence-electron chi connectivity index (χ4n) is 2.86. The molecule has 1 aliphatic carbocycles. The number of hydrogen-bond acceptors (Lipinski definition) is 4. The van der Waals surface area contributed by atoms with Gasteiger partial charge in [0.1, 0.15) is 5.54 Å². The summed E-state index contributed by atoms with van der Waals surface area (Å²) in [4.78, 5) is 11.5. The molecule has 0 aromatic carbocycles. The molecule has 0 saturated heterocycles. The first-order valence-electron chi connectivity index (χ1n) is 7.14. The highest BCUT2D eigenvalue weighted by atomic mass is 16.5. The molecule has 0 aliphatic heterocycles. The molecular weight excluding hydrogens is 246 g/mol. The van der Waals surface area contributed by atoms with Gasteiger partial charge in [0.2, 0.25) is 0 Å². The fourth-order valence-corrected chi connectivity index (χ4v) is 2.86. The van der Waals surface area contributed by atoms with E-state index in [2.05, 4.69) is 5.32 Å². The van der Waals surface area contributed by atoms with Gasteiger partial charge in [-0.2, -0.15) is 0 Å². The summed E-state index contributed by atoms with van der Waals surface area (Å²) in [7, 11) is 1.74. The maximum atomic E-state index is 11.5. The molecule has 2 unspecified atom stereocenters. The minimum Gasteiger partial charge on any atom is -0.480 e. The molecule has 1 rings (SSSR count). The third-order valence-electron chi connectivity index (χ3n) is 3.94. The SMILES string of the molecule is CNC1(C(=O)O)CCCC1CCOCCOC(C)C. The largest absolute Gasteiger partial charge is 0.480 e. The number of carbonyl (C=O) groups is 1. The Morgan fingerprint density at radius 3 is 2.74 bits per heavy atom. The van der Waals surface area contributed by atoms with E-state index in [1.807, 2.05) is 13.8 Å². The second-order valence-corrected chi connectivity index (χ2v) is 5.44. The van der Waals surface area contributed by atoms with Gasteiger partial charge in [0, 0.05) is 6.61 Å². The number of carboxylic acids is 1. The standard InChI is InChI=1S/C14H27NO4/c1-11(2)19-10-9-18-8-6-12-5-4-7-14(12,15-3)13(16)17/h11-12,15H,4-10H2,1-3H3,(H,16,17). The van der Waals surface area contributed by atoms with Gasteiger partial charge >= 0.3 is 5.97 Å². The molecule has 1 saturated carbocycles. The van der Waals surface area contributed by atoms with Crippen LogP contribution in [0, 0.1) is 5.92 Å². The number of carboxylic acid groups (broad SMARTS) is 1. The van der Waals surface area contributed by atoms with Crippen molar-refractivity contribution < 1.29 is 19.4 Å². The molecule has 0 heterocycles. The zero-order chi connectivity index (χ0) is 14.3. The molecule has 5 heteroatoms. The van der Waals surface area contributed by atoms with E-state index < -0.39 is 11.5 Å². The van der Waals surface area contributed by atoms with Crippen molar-refractivity contribution in [1.29, 1.82) is 0 Å². The quantitative estimate of drug-likeness (QED) is 0.625. The van der Waals surface area contributed by atoms with Crippen molar-refractivity contribution in [3.63, 3.8) is 0 Å². The van der Waals surface area contributed by atoms with Crippen LogP contribution in [0.15, 0.2) is 0 Å². The van der Waals surface area contributed by atoms with Crippen molar-refractivity contribution in [2.24, 2.45) is 5.92 Å². The fraction of sp³-hybridized carbons (Fsp3) is 0.929. The molecule has 0 bridgehead atoms. The Kier molecular flexibility index (Phi) is 6.75. The summed E-state index contributed by atoms with van der Waals surface area (Å²) in [5.41, 5.74) is -0.752. The molecule has 0 spiro atoms. The van der Waals surface area contributed by atoms with Crippen LogP contribution in [-0.4, -0.2) is 49.6 Å². The highest BCUT2D eigenvalue weighted by Crippen LogP contribution is 2.37. The second kappa shape index (κ2) is 7.82. The topological polar surface area (TPSA) is 67.8 Å². The summed E-state index contributed by atoms with van der Waals surface area (Å²) in [5.74, 6) is -0.582. The van der Waals surface area contributed by atoms with Gasteiger partial charge < -0.3 is 19.9 Å². The van der Waals surface area contributed by atoms with Crippen molar-refractivity contribution >= 4 is 5.97 Å². The Morgan fingerprint density at radius 1 is 1.42 bits per heavy atom. The second-order valence-electron chi connectivity index (χ2n) is 5.44. The number of likely N-dealkylation sites (N-methyl/N-ethyl adjacent to an activating group) is 1. The molecule has 2 atom stereocenters. The first-order chi connectivity index (χ1) is 9.03. The Hall–Kier alpha value is -0.650. The van der Waals surface area contributed by atoms with E-state index in [1.165, 1.54) is 0 Å². The smallest absolute Gasteiger partial charge is 0.324 e. The molecule has 1 aliphatic rings. The minimum absolute atomic E-state index is 0.154. The van der Waals surface area contributed by atoms with Gasteiger partial charge in [0.15, 0.2) is 0 Å². The van der Waals surface area contributed by atoms with Gasteiger partial charge in [-0.05, 0) is 46.1 Å². The molecule has 0 radical (unpaired) electrons. The van der Waals surface area contributed by atoms with Crippen molar-refractivity contribution in [3.8, 4) is 0 Å². The van der Waals surface area contributed by atoms with E-state index in [0.29, 0.717) is 26.2 Å². The average molecular weight is 273 g/mol. The average Bonchev–Trinajstić information content (AvgIpc) is 2.77. The van der Waals surface area contributed by atoms with E-state index in [0.717, 1.165) is 19.3 Å². The molecule has 2 N–H and O–H groups in total. The lowest BCUT2D eigenvalue weighted by Crippen LogP contribution is -2.53. The van der Waals surface area contributed by atoms with E-state index in [1.54, 1.807) is 7.05 Å². The Labute approximate surface area is 115 Å². The van der Waals surface area contributed by atoms with Crippen molar-refractivity contribution in [1.82, 2.24) is 5.32 Å². The van der Waals surface area contributed by atoms with E-state index in [9.17, 15) is 9.90 Å². The molecule has 0 amide bonds. The highest BCUT2D eigenvalue weighted by Gasteiger charge is 2.47. The third-order valence-corrected chi connectivity index (χ3v) is 3.94. The normalized spacial score (nSPS) is 27.1. The zero-order valence-electron chi connectivity index (χ0n) is 12.3. The van der Waals surface area contributed by atoms with Crippen LogP contribution in [0.1, 0.15) is 39.5 Å². The van der Waals surface area contributed by atoms with Gasteiger partial charge in [-0.3, -0.25) is 4.79 Å². The molecule has 19 heavy (non-hydrogen) atoms. The summed E-state index contributed by atoms with van der Waals surface area (Å²) >= 11 is 0. The third kappa shape index (κ3) is 4.44. The molecule has 0 aromatic rings. The Morgan fingerprint density at radius 2 is 2.16 bits per heavy atom. The maximum absolute atomic E-state index is 11.5. The number of nitrogens with one attached hydrogen (secondary N) is 1. The van der Waals surface area contributed by atoms with Crippen LogP contribution in [0.2, 0.25) is 0 Å². The number of hydrogen-bond donors (Lipinski definition) is 2. The minimum atomic E-state index is -0.752. The van der Waals surface area contributed by atoms with Crippen LogP contribution >= 0.6 is 0 Å². The van der Waals surface area contributed by atoms with Crippen LogP contribution in [0.4, 0.5) is 0 Å². The lowest BCUT2D eigenvalue weighted by atomic mass is 9.85. The number of rotatable bonds is 9. The summed E-state index contributed by atoms with van der Waals surface area (Å²) in [6.07, 6.45) is 3.64. The van der Waals surface area contributed by atoms with Crippen LogP contribution in [0.25, 0.3) is 0 Å². The monoisotopic (exact) mass is 273 g/mol. The first-order valence-corrected chi connectivity index (χ1v) is 7.14. The summed E-state index contributed by atoms with van der Waals surface area (Å²) in [6, 6.07) is 0. The van der Waals surface area contributed by atoms with Crippen molar-refractivity contribution in [3.05, 3.63) is 0 Å². The van der Waals surface area contributed by atoms with Crippen LogP contribution in [-0.2, 0) is 14.3 Å². The van der Waals surface area contributed by atoms with Gasteiger partial charge in [0.25, 0.3) is 0 Å². The van der Waals surface area contributed by atoms with Gasteiger partial charge in [0.05, 0.1) is 19.3 Å². The van der Waals surface area contributed by atoms with Crippen molar-refractivity contribution in [2.45, 2.75) is 51.2 Å². The van der Waals surface area contributed by atoms with Gasteiger partial charge in [-0.15, -0.1) is 0 Å². The predicted octanol–water partition coefficient (Wildman–Crippen LogP) is 1.66.